The Labute approximate surface area is 154 Å². The van der Waals surface area contributed by atoms with Crippen molar-refractivity contribution in [3.05, 3.63) is 65.6 Å². The Bertz CT molecular complexity index is 1040. The second-order valence-electron chi connectivity index (χ2n) is 5.75. The highest BCUT2D eigenvalue weighted by molar-refractivity contribution is 6.33. The normalized spacial score (nSPS) is 11.0. The molecule has 0 aliphatic heterocycles. The summed E-state index contributed by atoms with van der Waals surface area (Å²) >= 11 is 6.16. The number of H-pyrrole nitrogens is 1. The molecule has 4 rings (SSSR count). The van der Waals surface area contributed by atoms with Crippen LogP contribution in [0.2, 0.25) is 5.02 Å². The lowest BCUT2D eigenvalue weighted by molar-refractivity contribution is -0.116. The molecule has 0 radical (unpaired) electrons. The number of rotatable bonds is 5. The molecule has 4 aromatic rings. The zero-order chi connectivity index (χ0) is 17.9. The minimum absolute atomic E-state index is 0.165. The maximum Gasteiger partial charge on any atom is 0.227 e. The van der Waals surface area contributed by atoms with Crippen molar-refractivity contribution in [3.63, 3.8) is 0 Å². The number of amides is 1. The second kappa shape index (κ2) is 7.01. The maximum absolute atomic E-state index is 12.1. The van der Waals surface area contributed by atoms with Crippen LogP contribution < -0.4 is 5.32 Å². The Balaban J connectivity index is 1.38. The van der Waals surface area contributed by atoms with Gasteiger partial charge in [0.15, 0.2) is 11.7 Å². The summed E-state index contributed by atoms with van der Waals surface area (Å²) in [6, 6.07) is 15.0. The highest BCUT2D eigenvalue weighted by atomic mass is 35.5. The van der Waals surface area contributed by atoms with Crippen LogP contribution in [0.3, 0.4) is 0 Å². The first-order chi connectivity index (χ1) is 12.7. The Morgan fingerprint density at radius 2 is 1.96 bits per heavy atom. The molecule has 26 heavy (non-hydrogen) atoms. The summed E-state index contributed by atoms with van der Waals surface area (Å²) in [5, 5.41) is 3.35. The van der Waals surface area contributed by atoms with E-state index in [1.807, 2.05) is 42.5 Å². The fourth-order valence-corrected chi connectivity index (χ4v) is 2.87. The van der Waals surface area contributed by atoms with Gasteiger partial charge < -0.3 is 9.40 Å². The van der Waals surface area contributed by atoms with Crippen molar-refractivity contribution in [2.45, 2.75) is 12.8 Å². The minimum Gasteiger partial charge on any atom is -0.441 e. The van der Waals surface area contributed by atoms with E-state index >= 15 is 0 Å². The lowest BCUT2D eigenvalue weighted by Gasteiger charge is -2.00. The molecule has 130 valence electrons. The Hall–Kier alpha value is -3.12. The van der Waals surface area contributed by atoms with Gasteiger partial charge in [0, 0.05) is 18.4 Å². The van der Waals surface area contributed by atoms with Gasteiger partial charge in [0.05, 0.1) is 22.3 Å². The number of halogens is 1. The van der Waals surface area contributed by atoms with Crippen LogP contribution in [-0.2, 0) is 11.2 Å². The molecule has 0 fully saturated rings. The van der Waals surface area contributed by atoms with Crippen LogP contribution >= 0.6 is 11.6 Å². The van der Waals surface area contributed by atoms with Gasteiger partial charge in [-0.15, -0.1) is 0 Å². The van der Waals surface area contributed by atoms with Gasteiger partial charge in [0.1, 0.15) is 0 Å². The molecule has 2 aromatic heterocycles. The molecule has 0 saturated heterocycles. The maximum atomic E-state index is 12.1. The molecule has 7 heteroatoms. The van der Waals surface area contributed by atoms with E-state index in [4.69, 9.17) is 16.0 Å². The molecule has 2 aromatic carbocycles. The largest absolute Gasteiger partial charge is 0.441 e. The van der Waals surface area contributed by atoms with Crippen molar-refractivity contribution in [2.24, 2.45) is 0 Å². The van der Waals surface area contributed by atoms with Crippen molar-refractivity contribution in [2.75, 3.05) is 5.32 Å². The van der Waals surface area contributed by atoms with Gasteiger partial charge >= 0.3 is 0 Å². The van der Waals surface area contributed by atoms with Gasteiger partial charge in [0.25, 0.3) is 0 Å². The van der Waals surface area contributed by atoms with E-state index in [9.17, 15) is 4.79 Å². The predicted molar refractivity (Wildman–Crippen MR) is 100.0 cm³/mol. The molecule has 0 spiro atoms. The van der Waals surface area contributed by atoms with Crippen molar-refractivity contribution < 1.29 is 9.21 Å². The Kier molecular flexibility index (Phi) is 4.41. The van der Waals surface area contributed by atoms with Crippen LogP contribution in [0.15, 0.2) is 59.1 Å². The molecule has 6 nitrogen and oxygen atoms in total. The summed E-state index contributed by atoms with van der Waals surface area (Å²) in [6.45, 7) is 0. The fourth-order valence-electron chi connectivity index (χ4n) is 2.64. The summed E-state index contributed by atoms with van der Waals surface area (Å²) in [7, 11) is 0. The number of benzene rings is 2. The quantitative estimate of drug-likeness (QED) is 0.546. The van der Waals surface area contributed by atoms with E-state index in [0.29, 0.717) is 29.0 Å². The van der Waals surface area contributed by atoms with Gasteiger partial charge in [0.2, 0.25) is 11.9 Å². The minimum atomic E-state index is -0.165. The Morgan fingerprint density at radius 1 is 1.15 bits per heavy atom. The number of para-hydroxylation sites is 2. The van der Waals surface area contributed by atoms with Gasteiger partial charge in [-0.3, -0.25) is 10.1 Å². The first kappa shape index (κ1) is 16.4. The molecular formula is C19H15ClN4O2. The number of oxazole rings is 1. The number of fused-ring (bicyclic) bond motifs is 1. The third-order valence-corrected chi connectivity index (χ3v) is 4.24. The van der Waals surface area contributed by atoms with Crippen LogP contribution in [0.1, 0.15) is 12.3 Å². The standard InChI is InChI=1S/C19H15ClN4O2/c20-13-6-2-1-5-12(13)16-11-21-18(26-16)10-9-17(25)24-19-22-14-7-3-4-8-15(14)23-19/h1-8,11H,9-10H2,(H2,22,23,24,25). The molecular weight excluding hydrogens is 352 g/mol. The number of nitrogens with zero attached hydrogens (tertiary/aromatic N) is 2. The van der Waals surface area contributed by atoms with E-state index in [1.165, 1.54) is 0 Å². The molecule has 2 N–H and O–H groups in total. The summed E-state index contributed by atoms with van der Waals surface area (Å²) in [6.07, 6.45) is 2.24. The smallest absolute Gasteiger partial charge is 0.227 e. The molecule has 0 bridgehead atoms. The van der Waals surface area contributed by atoms with Gasteiger partial charge in [-0.1, -0.05) is 35.9 Å². The van der Waals surface area contributed by atoms with Crippen molar-refractivity contribution in [1.29, 1.82) is 0 Å². The van der Waals surface area contributed by atoms with E-state index in [2.05, 4.69) is 20.3 Å². The zero-order valence-corrected chi connectivity index (χ0v) is 14.5. The monoisotopic (exact) mass is 366 g/mol. The van der Waals surface area contributed by atoms with Gasteiger partial charge in [-0.25, -0.2) is 9.97 Å². The van der Waals surface area contributed by atoms with Crippen LogP contribution in [0.4, 0.5) is 5.95 Å². The van der Waals surface area contributed by atoms with Gasteiger partial charge in [-0.2, -0.15) is 0 Å². The number of imidazole rings is 1. The molecule has 0 atom stereocenters. The van der Waals surface area contributed by atoms with E-state index in [0.717, 1.165) is 16.6 Å². The fraction of sp³-hybridized carbons (Fsp3) is 0.105. The van der Waals surface area contributed by atoms with Crippen LogP contribution in [0, 0.1) is 0 Å². The van der Waals surface area contributed by atoms with E-state index in [1.54, 1.807) is 12.3 Å². The third kappa shape index (κ3) is 3.45. The van der Waals surface area contributed by atoms with Crippen LogP contribution in [0.5, 0.6) is 0 Å². The molecule has 2 heterocycles. The molecule has 0 aliphatic rings. The number of anilines is 1. The average Bonchev–Trinajstić information content (AvgIpc) is 3.26. The number of nitrogens with one attached hydrogen (secondary N) is 2. The second-order valence-corrected chi connectivity index (χ2v) is 6.16. The van der Waals surface area contributed by atoms with Crippen molar-refractivity contribution in [3.8, 4) is 11.3 Å². The van der Waals surface area contributed by atoms with Gasteiger partial charge in [-0.05, 0) is 24.3 Å². The SMILES string of the molecule is O=C(CCc1ncc(-c2ccccc2Cl)o1)Nc1nc2ccccc2[nH]1. The topological polar surface area (TPSA) is 83.8 Å². The number of aryl methyl sites for hydroxylation is 1. The summed E-state index contributed by atoms with van der Waals surface area (Å²) < 4.78 is 5.70. The molecule has 1 amide bonds. The highest BCUT2D eigenvalue weighted by Gasteiger charge is 2.12. The lowest BCUT2D eigenvalue weighted by Crippen LogP contribution is -2.13. The van der Waals surface area contributed by atoms with Crippen LogP contribution in [0.25, 0.3) is 22.4 Å². The Morgan fingerprint density at radius 3 is 2.81 bits per heavy atom. The number of carbonyl (C=O) groups excluding carboxylic acids is 1. The zero-order valence-electron chi connectivity index (χ0n) is 13.7. The molecule has 0 saturated carbocycles. The summed E-state index contributed by atoms with van der Waals surface area (Å²) in [4.78, 5) is 23.7. The van der Waals surface area contributed by atoms with E-state index in [-0.39, 0.29) is 12.3 Å². The number of hydrogen-bond acceptors (Lipinski definition) is 4. The van der Waals surface area contributed by atoms with E-state index < -0.39 is 0 Å². The number of aromatic amines is 1. The van der Waals surface area contributed by atoms with Crippen molar-refractivity contribution in [1.82, 2.24) is 15.0 Å². The predicted octanol–water partition coefficient (Wildman–Crippen LogP) is 4.44. The van der Waals surface area contributed by atoms with Crippen molar-refractivity contribution >= 4 is 34.5 Å². The summed E-state index contributed by atoms with van der Waals surface area (Å²) in [5.74, 6) is 1.34. The number of carbonyl (C=O) groups is 1. The van der Waals surface area contributed by atoms with Crippen LogP contribution in [-0.4, -0.2) is 20.9 Å². The summed E-state index contributed by atoms with van der Waals surface area (Å²) in [5.41, 5.74) is 2.46. The number of aromatic nitrogens is 3. The number of hydrogen-bond donors (Lipinski definition) is 2. The average molecular weight is 367 g/mol. The molecule has 0 unspecified atom stereocenters. The third-order valence-electron chi connectivity index (χ3n) is 3.91. The lowest BCUT2D eigenvalue weighted by atomic mass is 10.2. The first-order valence-corrected chi connectivity index (χ1v) is 8.51. The first-order valence-electron chi connectivity index (χ1n) is 8.13. The molecule has 0 aliphatic carbocycles. The highest BCUT2D eigenvalue weighted by Crippen LogP contribution is 2.28.